The number of hydrogen-bond acceptors (Lipinski definition) is 3. The Bertz CT molecular complexity index is 1170. The van der Waals surface area contributed by atoms with Gasteiger partial charge in [-0.1, -0.05) is 78.3 Å². The first-order valence-corrected chi connectivity index (χ1v) is 11.3. The fraction of sp³-hybridized carbons (Fsp3) is 0.138. The highest BCUT2D eigenvalue weighted by Crippen LogP contribution is 2.26. The molecule has 0 amide bonds. The summed E-state index contributed by atoms with van der Waals surface area (Å²) in [6.07, 6.45) is 1.91. The van der Waals surface area contributed by atoms with Crippen molar-refractivity contribution in [2.24, 2.45) is 0 Å². The minimum absolute atomic E-state index is 0.00255. The third kappa shape index (κ3) is 6.03. The van der Waals surface area contributed by atoms with E-state index < -0.39 is 6.04 Å². The number of anilines is 1. The van der Waals surface area contributed by atoms with E-state index in [2.05, 4.69) is 29.6 Å². The van der Waals surface area contributed by atoms with Gasteiger partial charge in [0.2, 0.25) is 0 Å². The standard InChI is InChI=1S/C29H26ClNO2/c1-33-27-19-17-26(18-20-27)31-28(23-13-15-25(30)16-14-23)29(32)24-11-9-22(10-12-24)8-7-21-5-3-2-4-6-21/h2-6,9-20,28,31H,7-8H2,1H3. The second-order valence-corrected chi connectivity index (χ2v) is 8.34. The van der Waals surface area contributed by atoms with Crippen molar-refractivity contribution in [3.8, 4) is 5.75 Å². The number of nitrogens with one attached hydrogen (secondary N) is 1. The number of halogens is 1. The number of aryl methyl sites for hydroxylation is 2. The summed E-state index contributed by atoms with van der Waals surface area (Å²) < 4.78 is 5.24. The predicted octanol–water partition coefficient (Wildman–Crippen LogP) is 7.17. The summed E-state index contributed by atoms with van der Waals surface area (Å²) in [4.78, 5) is 13.5. The molecule has 4 aromatic carbocycles. The molecule has 0 saturated carbocycles. The molecule has 0 spiro atoms. The van der Waals surface area contributed by atoms with Gasteiger partial charge >= 0.3 is 0 Å². The number of hydrogen-bond donors (Lipinski definition) is 1. The van der Waals surface area contributed by atoms with Crippen LogP contribution in [0.5, 0.6) is 5.75 Å². The van der Waals surface area contributed by atoms with Crippen LogP contribution in [0.25, 0.3) is 0 Å². The lowest BCUT2D eigenvalue weighted by Gasteiger charge is -2.20. The Morgan fingerprint density at radius 3 is 2.00 bits per heavy atom. The number of benzene rings is 4. The average Bonchev–Trinajstić information content (AvgIpc) is 2.87. The van der Waals surface area contributed by atoms with Gasteiger partial charge in [0.25, 0.3) is 0 Å². The van der Waals surface area contributed by atoms with Crippen LogP contribution in [0.4, 0.5) is 5.69 Å². The molecule has 0 aliphatic heterocycles. The fourth-order valence-electron chi connectivity index (χ4n) is 3.75. The SMILES string of the molecule is COc1ccc(NC(C(=O)c2ccc(CCc3ccccc3)cc2)c2ccc(Cl)cc2)cc1. The van der Waals surface area contributed by atoms with Crippen molar-refractivity contribution in [1.82, 2.24) is 0 Å². The highest BCUT2D eigenvalue weighted by atomic mass is 35.5. The van der Waals surface area contributed by atoms with Crippen LogP contribution >= 0.6 is 11.6 Å². The molecule has 0 radical (unpaired) electrons. The van der Waals surface area contributed by atoms with Gasteiger partial charge in [-0.25, -0.2) is 0 Å². The third-order valence-electron chi connectivity index (χ3n) is 5.65. The Kier molecular flexibility index (Phi) is 7.43. The van der Waals surface area contributed by atoms with Crippen molar-refractivity contribution < 1.29 is 9.53 Å². The van der Waals surface area contributed by atoms with Crippen molar-refractivity contribution in [2.45, 2.75) is 18.9 Å². The normalized spacial score (nSPS) is 11.6. The van der Waals surface area contributed by atoms with Gasteiger partial charge in [-0.15, -0.1) is 0 Å². The van der Waals surface area contributed by atoms with Crippen molar-refractivity contribution >= 4 is 23.1 Å². The van der Waals surface area contributed by atoms with Gasteiger partial charge in [0.1, 0.15) is 11.8 Å². The average molecular weight is 456 g/mol. The number of carbonyl (C=O) groups is 1. The van der Waals surface area contributed by atoms with E-state index in [9.17, 15) is 4.79 Å². The number of ether oxygens (including phenoxy) is 1. The second-order valence-electron chi connectivity index (χ2n) is 7.90. The Hall–Kier alpha value is -3.56. The van der Waals surface area contributed by atoms with Crippen molar-refractivity contribution in [3.63, 3.8) is 0 Å². The molecular formula is C29H26ClNO2. The van der Waals surface area contributed by atoms with E-state index in [4.69, 9.17) is 16.3 Å². The van der Waals surface area contributed by atoms with Gasteiger partial charge in [0.05, 0.1) is 7.11 Å². The Labute approximate surface area is 200 Å². The molecule has 4 heteroatoms. The van der Waals surface area contributed by atoms with E-state index in [1.165, 1.54) is 11.1 Å². The van der Waals surface area contributed by atoms with Crippen LogP contribution in [0.15, 0.2) is 103 Å². The summed E-state index contributed by atoms with van der Waals surface area (Å²) in [5.41, 5.74) is 4.88. The van der Waals surface area contributed by atoms with E-state index in [1.807, 2.05) is 66.7 Å². The number of ketones is 1. The first-order chi connectivity index (χ1) is 16.1. The molecular weight excluding hydrogens is 430 g/mol. The van der Waals surface area contributed by atoms with Crippen LogP contribution < -0.4 is 10.1 Å². The molecule has 0 fully saturated rings. The van der Waals surface area contributed by atoms with E-state index in [-0.39, 0.29) is 5.78 Å². The van der Waals surface area contributed by atoms with Crippen LogP contribution in [0.1, 0.15) is 33.1 Å². The summed E-state index contributed by atoms with van der Waals surface area (Å²) >= 11 is 6.08. The second kappa shape index (κ2) is 10.8. The summed E-state index contributed by atoms with van der Waals surface area (Å²) in [5.74, 6) is 0.767. The Morgan fingerprint density at radius 1 is 0.788 bits per heavy atom. The lowest BCUT2D eigenvalue weighted by Crippen LogP contribution is -2.21. The lowest BCUT2D eigenvalue weighted by molar-refractivity contribution is 0.0969. The van der Waals surface area contributed by atoms with E-state index in [0.29, 0.717) is 10.6 Å². The maximum absolute atomic E-state index is 13.5. The van der Waals surface area contributed by atoms with Crippen LogP contribution in [0, 0.1) is 0 Å². The van der Waals surface area contributed by atoms with Gasteiger partial charge in [-0.2, -0.15) is 0 Å². The number of Topliss-reactive ketones (excluding diaryl/α,β-unsaturated/α-hetero) is 1. The molecule has 0 aliphatic rings. The van der Waals surface area contributed by atoms with Crippen LogP contribution in [-0.4, -0.2) is 12.9 Å². The summed E-state index contributed by atoms with van der Waals surface area (Å²) in [5, 5.41) is 4.01. The molecule has 0 aromatic heterocycles. The number of methoxy groups -OCH3 is 1. The van der Waals surface area contributed by atoms with E-state index in [1.54, 1.807) is 19.2 Å². The number of carbonyl (C=O) groups excluding carboxylic acids is 1. The topological polar surface area (TPSA) is 38.3 Å². The molecule has 1 unspecified atom stereocenters. The zero-order valence-electron chi connectivity index (χ0n) is 18.5. The van der Waals surface area contributed by atoms with Gasteiger partial charge in [0, 0.05) is 16.3 Å². The molecule has 1 N–H and O–H groups in total. The van der Waals surface area contributed by atoms with Crippen molar-refractivity contribution in [2.75, 3.05) is 12.4 Å². The van der Waals surface area contributed by atoms with Gasteiger partial charge < -0.3 is 10.1 Å². The van der Waals surface area contributed by atoms with Crippen LogP contribution in [0.2, 0.25) is 5.02 Å². The fourth-order valence-corrected chi connectivity index (χ4v) is 3.87. The molecule has 1 atom stereocenters. The van der Waals surface area contributed by atoms with E-state index in [0.717, 1.165) is 29.8 Å². The minimum atomic E-state index is -0.536. The maximum atomic E-state index is 13.5. The quantitative estimate of drug-likeness (QED) is 0.272. The monoisotopic (exact) mass is 455 g/mol. The molecule has 0 bridgehead atoms. The third-order valence-corrected chi connectivity index (χ3v) is 5.90. The minimum Gasteiger partial charge on any atom is -0.497 e. The molecule has 4 rings (SSSR count). The van der Waals surface area contributed by atoms with Crippen LogP contribution in [-0.2, 0) is 12.8 Å². The van der Waals surface area contributed by atoms with Gasteiger partial charge in [-0.05, 0) is 65.9 Å². The molecule has 4 aromatic rings. The Balaban J connectivity index is 1.52. The summed E-state index contributed by atoms with van der Waals surface area (Å²) in [6.45, 7) is 0. The first kappa shape index (κ1) is 22.6. The molecule has 0 heterocycles. The molecule has 33 heavy (non-hydrogen) atoms. The van der Waals surface area contributed by atoms with E-state index >= 15 is 0 Å². The summed E-state index contributed by atoms with van der Waals surface area (Å²) in [7, 11) is 1.63. The summed E-state index contributed by atoms with van der Waals surface area (Å²) in [6, 6.07) is 32.7. The molecule has 0 aliphatic carbocycles. The smallest absolute Gasteiger partial charge is 0.189 e. The zero-order chi connectivity index (χ0) is 23.0. The van der Waals surface area contributed by atoms with Crippen molar-refractivity contribution in [3.05, 3.63) is 130 Å². The maximum Gasteiger partial charge on any atom is 0.189 e. The van der Waals surface area contributed by atoms with Crippen molar-refractivity contribution in [1.29, 1.82) is 0 Å². The highest BCUT2D eigenvalue weighted by Gasteiger charge is 2.22. The largest absolute Gasteiger partial charge is 0.497 e. The lowest BCUT2D eigenvalue weighted by atomic mass is 9.95. The predicted molar refractivity (Wildman–Crippen MR) is 135 cm³/mol. The first-order valence-electron chi connectivity index (χ1n) is 11.0. The highest BCUT2D eigenvalue weighted by molar-refractivity contribution is 6.30. The molecule has 3 nitrogen and oxygen atoms in total. The van der Waals surface area contributed by atoms with Gasteiger partial charge in [-0.3, -0.25) is 4.79 Å². The molecule has 166 valence electrons. The molecule has 0 saturated heterocycles. The Morgan fingerprint density at radius 2 is 1.39 bits per heavy atom. The zero-order valence-corrected chi connectivity index (χ0v) is 19.3. The van der Waals surface area contributed by atoms with Gasteiger partial charge in [0.15, 0.2) is 5.78 Å². The number of rotatable bonds is 9. The van der Waals surface area contributed by atoms with Crippen LogP contribution in [0.3, 0.4) is 0 Å².